The van der Waals surface area contributed by atoms with Crippen molar-refractivity contribution in [2.45, 2.75) is 20.3 Å². The number of ether oxygens (including phenoxy) is 1. The van der Waals surface area contributed by atoms with Crippen LogP contribution in [0.15, 0.2) is 59.7 Å². The van der Waals surface area contributed by atoms with E-state index in [4.69, 9.17) is 4.74 Å². The highest BCUT2D eigenvalue weighted by molar-refractivity contribution is 5.62. The number of anilines is 2. The fourth-order valence-corrected chi connectivity index (χ4v) is 2.36. The molecular formula is C19H19N3O2. The first kappa shape index (κ1) is 15.8. The quantitative estimate of drug-likeness (QED) is 0.740. The van der Waals surface area contributed by atoms with Gasteiger partial charge in [-0.25, -0.2) is 0 Å². The zero-order valence-electron chi connectivity index (χ0n) is 13.7. The van der Waals surface area contributed by atoms with Crippen LogP contribution in [-0.2, 0) is 6.42 Å². The van der Waals surface area contributed by atoms with Crippen molar-refractivity contribution in [3.05, 3.63) is 76.5 Å². The second kappa shape index (κ2) is 7.00. The predicted octanol–water partition coefficient (Wildman–Crippen LogP) is 4.18. The van der Waals surface area contributed by atoms with Crippen molar-refractivity contribution in [3.8, 4) is 11.5 Å². The Kier molecular flexibility index (Phi) is 4.61. The standard InChI is InChI=1S/C19H19N3O2/c1-3-14-11-18(13(2)21-19(14)23)22-15-6-8-16(9-7-15)24-17-5-4-10-20-12-17/h4-12,22H,3H2,1-2H3,(H,21,23). The van der Waals surface area contributed by atoms with Gasteiger partial charge in [0.05, 0.1) is 11.9 Å². The molecule has 5 heteroatoms. The first-order valence-corrected chi connectivity index (χ1v) is 7.83. The summed E-state index contributed by atoms with van der Waals surface area (Å²) in [5, 5.41) is 3.33. The van der Waals surface area contributed by atoms with Gasteiger partial charge in [-0.3, -0.25) is 9.78 Å². The Morgan fingerprint density at radius 3 is 2.62 bits per heavy atom. The molecule has 0 saturated heterocycles. The third-order valence-electron chi connectivity index (χ3n) is 3.70. The summed E-state index contributed by atoms with van der Waals surface area (Å²) >= 11 is 0. The molecule has 24 heavy (non-hydrogen) atoms. The van der Waals surface area contributed by atoms with Gasteiger partial charge in [0.2, 0.25) is 0 Å². The zero-order chi connectivity index (χ0) is 16.9. The normalized spacial score (nSPS) is 10.4. The van der Waals surface area contributed by atoms with Crippen LogP contribution in [0.5, 0.6) is 11.5 Å². The van der Waals surface area contributed by atoms with Crippen molar-refractivity contribution in [2.24, 2.45) is 0 Å². The summed E-state index contributed by atoms with van der Waals surface area (Å²) in [7, 11) is 0. The van der Waals surface area contributed by atoms with E-state index < -0.39 is 0 Å². The topological polar surface area (TPSA) is 67.0 Å². The lowest BCUT2D eigenvalue weighted by molar-refractivity contribution is 0.480. The highest BCUT2D eigenvalue weighted by Gasteiger charge is 2.05. The Hall–Kier alpha value is -3.08. The van der Waals surface area contributed by atoms with E-state index in [1.165, 1.54) is 0 Å². The fraction of sp³-hybridized carbons (Fsp3) is 0.158. The number of nitrogens with one attached hydrogen (secondary N) is 2. The average molecular weight is 321 g/mol. The van der Waals surface area contributed by atoms with Crippen molar-refractivity contribution in [1.29, 1.82) is 0 Å². The van der Waals surface area contributed by atoms with Crippen molar-refractivity contribution < 1.29 is 4.74 Å². The van der Waals surface area contributed by atoms with Gasteiger partial charge in [0.1, 0.15) is 11.5 Å². The van der Waals surface area contributed by atoms with E-state index in [-0.39, 0.29) is 5.56 Å². The summed E-state index contributed by atoms with van der Waals surface area (Å²) in [6.45, 7) is 3.84. The lowest BCUT2D eigenvalue weighted by Gasteiger charge is -2.11. The van der Waals surface area contributed by atoms with Crippen LogP contribution < -0.4 is 15.6 Å². The van der Waals surface area contributed by atoms with Gasteiger partial charge in [0.15, 0.2) is 0 Å². The van der Waals surface area contributed by atoms with Crippen LogP contribution in [0.25, 0.3) is 0 Å². The maximum absolute atomic E-state index is 11.8. The number of hydrogen-bond donors (Lipinski definition) is 2. The Balaban J connectivity index is 1.76. The molecule has 0 amide bonds. The second-order valence-corrected chi connectivity index (χ2v) is 5.46. The van der Waals surface area contributed by atoms with E-state index in [1.54, 1.807) is 12.4 Å². The van der Waals surface area contributed by atoms with Crippen LogP contribution in [0.2, 0.25) is 0 Å². The summed E-state index contributed by atoms with van der Waals surface area (Å²) in [4.78, 5) is 18.7. The third-order valence-corrected chi connectivity index (χ3v) is 3.70. The molecule has 3 rings (SSSR count). The van der Waals surface area contributed by atoms with Gasteiger partial charge >= 0.3 is 0 Å². The van der Waals surface area contributed by atoms with Crippen LogP contribution in [0.3, 0.4) is 0 Å². The number of H-pyrrole nitrogens is 1. The fourth-order valence-electron chi connectivity index (χ4n) is 2.36. The molecule has 0 atom stereocenters. The van der Waals surface area contributed by atoms with Crippen molar-refractivity contribution in [2.75, 3.05) is 5.32 Å². The number of hydrogen-bond acceptors (Lipinski definition) is 4. The molecule has 0 aliphatic heterocycles. The molecule has 5 nitrogen and oxygen atoms in total. The van der Waals surface area contributed by atoms with Gasteiger partial charge in [-0.1, -0.05) is 6.92 Å². The molecular weight excluding hydrogens is 302 g/mol. The molecule has 0 unspecified atom stereocenters. The molecule has 0 fully saturated rings. The highest BCUT2D eigenvalue weighted by Crippen LogP contribution is 2.24. The minimum atomic E-state index is -0.0271. The minimum absolute atomic E-state index is 0.0271. The number of pyridine rings is 2. The maximum atomic E-state index is 11.8. The van der Waals surface area contributed by atoms with E-state index in [1.807, 2.05) is 56.3 Å². The number of aryl methyl sites for hydroxylation is 2. The number of nitrogens with zero attached hydrogens (tertiary/aromatic N) is 1. The Bertz CT molecular complexity index is 871. The lowest BCUT2D eigenvalue weighted by atomic mass is 10.1. The van der Waals surface area contributed by atoms with Gasteiger partial charge < -0.3 is 15.0 Å². The number of rotatable bonds is 5. The van der Waals surface area contributed by atoms with E-state index in [9.17, 15) is 4.79 Å². The molecule has 0 radical (unpaired) electrons. The Morgan fingerprint density at radius 1 is 1.17 bits per heavy atom. The second-order valence-electron chi connectivity index (χ2n) is 5.46. The Morgan fingerprint density at radius 2 is 1.96 bits per heavy atom. The van der Waals surface area contributed by atoms with Gasteiger partial charge in [0, 0.05) is 23.1 Å². The number of benzene rings is 1. The van der Waals surface area contributed by atoms with Crippen LogP contribution in [0, 0.1) is 6.92 Å². The minimum Gasteiger partial charge on any atom is -0.456 e. The molecule has 1 aromatic carbocycles. The molecule has 0 aliphatic carbocycles. The smallest absolute Gasteiger partial charge is 0.251 e. The number of aromatic nitrogens is 2. The number of aromatic amines is 1. The van der Waals surface area contributed by atoms with E-state index in [2.05, 4.69) is 15.3 Å². The van der Waals surface area contributed by atoms with E-state index in [0.29, 0.717) is 12.2 Å². The van der Waals surface area contributed by atoms with Gasteiger partial charge in [-0.05, 0) is 55.8 Å². The first-order valence-electron chi connectivity index (χ1n) is 7.83. The molecule has 0 spiro atoms. The summed E-state index contributed by atoms with van der Waals surface area (Å²) in [5.41, 5.74) is 3.37. The van der Waals surface area contributed by atoms with Crippen LogP contribution >= 0.6 is 0 Å². The molecule has 3 aromatic rings. The van der Waals surface area contributed by atoms with Crippen LogP contribution in [0.1, 0.15) is 18.2 Å². The lowest BCUT2D eigenvalue weighted by Crippen LogP contribution is -2.14. The van der Waals surface area contributed by atoms with Crippen LogP contribution in [-0.4, -0.2) is 9.97 Å². The van der Waals surface area contributed by atoms with E-state index >= 15 is 0 Å². The first-order chi connectivity index (χ1) is 11.7. The summed E-state index contributed by atoms with van der Waals surface area (Å²) in [6.07, 6.45) is 4.07. The molecule has 2 heterocycles. The van der Waals surface area contributed by atoms with Gasteiger partial charge in [-0.15, -0.1) is 0 Å². The monoisotopic (exact) mass is 321 g/mol. The van der Waals surface area contributed by atoms with Crippen LogP contribution in [0.4, 0.5) is 11.4 Å². The molecule has 2 N–H and O–H groups in total. The summed E-state index contributed by atoms with van der Waals surface area (Å²) in [5.74, 6) is 1.43. The van der Waals surface area contributed by atoms with Crippen molar-refractivity contribution >= 4 is 11.4 Å². The Labute approximate surface area is 140 Å². The largest absolute Gasteiger partial charge is 0.456 e. The van der Waals surface area contributed by atoms with Gasteiger partial charge in [-0.2, -0.15) is 0 Å². The maximum Gasteiger partial charge on any atom is 0.251 e. The third kappa shape index (κ3) is 3.63. The SMILES string of the molecule is CCc1cc(Nc2ccc(Oc3cccnc3)cc2)c(C)[nH]c1=O. The van der Waals surface area contributed by atoms with E-state index in [0.717, 1.165) is 28.4 Å². The zero-order valence-corrected chi connectivity index (χ0v) is 13.7. The summed E-state index contributed by atoms with van der Waals surface area (Å²) in [6, 6.07) is 13.2. The molecule has 0 saturated carbocycles. The molecule has 0 aliphatic rings. The van der Waals surface area contributed by atoms with Crippen molar-refractivity contribution in [1.82, 2.24) is 9.97 Å². The molecule has 122 valence electrons. The van der Waals surface area contributed by atoms with Crippen molar-refractivity contribution in [3.63, 3.8) is 0 Å². The molecule has 2 aromatic heterocycles. The van der Waals surface area contributed by atoms with Gasteiger partial charge in [0.25, 0.3) is 5.56 Å². The highest BCUT2D eigenvalue weighted by atomic mass is 16.5. The summed E-state index contributed by atoms with van der Waals surface area (Å²) < 4.78 is 5.72. The molecule has 0 bridgehead atoms. The predicted molar refractivity (Wildman–Crippen MR) is 95.2 cm³/mol. The average Bonchev–Trinajstić information content (AvgIpc) is 2.60.